The topological polar surface area (TPSA) is 99.8 Å². The van der Waals surface area contributed by atoms with E-state index in [4.69, 9.17) is 0 Å². The second-order valence-corrected chi connectivity index (χ2v) is 6.41. The van der Waals surface area contributed by atoms with Crippen LogP contribution < -0.4 is 5.56 Å². The molecule has 0 aliphatic rings. The van der Waals surface area contributed by atoms with E-state index < -0.39 is 10.5 Å². The lowest BCUT2D eigenvalue weighted by atomic mass is 10.0. The summed E-state index contributed by atoms with van der Waals surface area (Å²) in [6, 6.07) is 13.3. The van der Waals surface area contributed by atoms with Crippen molar-refractivity contribution >= 4 is 17.0 Å². The molecule has 1 N–H and O–H groups in total. The average molecular weight is 337 g/mol. The number of non-ortho nitro benzene ring substituents is 1. The van der Waals surface area contributed by atoms with E-state index in [1.54, 1.807) is 6.07 Å². The van der Waals surface area contributed by atoms with E-state index in [-0.39, 0.29) is 11.3 Å². The highest BCUT2D eigenvalue weighted by molar-refractivity contribution is 7.15. The molecule has 0 unspecified atom stereocenters. The van der Waals surface area contributed by atoms with Gasteiger partial charge in [0.1, 0.15) is 11.6 Å². The summed E-state index contributed by atoms with van der Waals surface area (Å²) in [5.74, 6) is 0. The van der Waals surface area contributed by atoms with Gasteiger partial charge in [0.15, 0.2) is 0 Å². The standard InChI is InChI=1S/C17H11N3O3S/c1-10-2-7-16(24-10)15-8-13(14(9-18)17(21)19-15)11-3-5-12(6-4-11)20(22)23/h2-8H,1H3,(H,19,21). The van der Waals surface area contributed by atoms with Crippen LogP contribution in [0.4, 0.5) is 5.69 Å². The van der Waals surface area contributed by atoms with Crippen LogP contribution in [0.15, 0.2) is 47.3 Å². The van der Waals surface area contributed by atoms with Gasteiger partial charge in [-0.3, -0.25) is 14.9 Å². The molecule has 0 bridgehead atoms. The van der Waals surface area contributed by atoms with Crippen LogP contribution in [0.1, 0.15) is 10.4 Å². The summed E-state index contributed by atoms with van der Waals surface area (Å²) >= 11 is 1.53. The molecule has 0 atom stereocenters. The third-order valence-corrected chi connectivity index (χ3v) is 4.57. The van der Waals surface area contributed by atoms with Gasteiger partial charge in [0.2, 0.25) is 0 Å². The largest absolute Gasteiger partial charge is 0.320 e. The molecule has 0 aliphatic carbocycles. The maximum Gasteiger partial charge on any atom is 0.269 e. The molecule has 1 aromatic carbocycles. The van der Waals surface area contributed by atoms with Crippen molar-refractivity contribution in [2.45, 2.75) is 6.92 Å². The summed E-state index contributed by atoms with van der Waals surface area (Å²) in [5, 5.41) is 20.1. The van der Waals surface area contributed by atoms with Crippen LogP contribution in [0, 0.1) is 28.4 Å². The quantitative estimate of drug-likeness (QED) is 0.579. The first-order valence-corrected chi connectivity index (χ1v) is 7.80. The minimum absolute atomic E-state index is 0.0131. The van der Waals surface area contributed by atoms with Crippen molar-refractivity contribution in [2.75, 3.05) is 0 Å². The molecule has 0 amide bonds. The fraction of sp³-hybridized carbons (Fsp3) is 0.0588. The predicted octanol–water partition coefficient (Wildman–Crippen LogP) is 3.86. The van der Waals surface area contributed by atoms with E-state index in [0.717, 1.165) is 9.75 Å². The third-order valence-electron chi connectivity index (χ3n) is 3.54. The Balaban J connectivity index is 2.18. The van der Waals surface area contributed by atoms with Crippen LogP contribution in [0.2, 0.25) is 0 Å². The van der Waals surface area contributed by atoms with Gasteiger partial charge in [-0.15, -0.1) is 11.3 Å². The van der Waals surface area contributed by atoms with Crippen LogP contribution in [-0.4, -0.2) is 9.91 Å². The number of nitriles is 1. The number of nitrogens with zero attached hydrogens (tertiary/aromatic N) is 2. The minimum Gasteiger partial charge on any atom is -0.320 e. The second-order valence-electron chi connectivity index (χ2n) is 5.13. The molecule has 0 radical (unpaired) electrons. The number of pyridine rings is 1. The number of hydrogen-bond acceptors (Lipinski definition) is 5. The number of aryl methyl sites for hydroxylation is 1. The molecule has 0 aliphatic heterocycles. The zero-order valence-electron chi connectivity index (χ0n) is 12.6. The number of nitro benzene ring substituents is 1. The fourth-order valence-corrected chi connectivity index (χ4v) is 3.21. The molecule has 0 saturated heterocycles. The summed E-state index contributed by atoms with van der Waals surface area (Å²) in [4.78, 5) is 27.2. The normalized spacial score (nSPS) is 10.3. The summed E-state index contributed by atoms with van der Waals surface area (Å²) in [5.41, 5.74) is 1.12. The fourth-order valence-electron chi connectivity index (χ4n) is 2.37. The molecule has 7 heteroatoms. The molecular weight excluding hydrogens is 326 g/mol. The third kappa shape index (κ3) is 2.83. The van der Waals surface area contributed by atoms with E-state index in [0.29, 0.717) is 16.8 Å². The summed E-state index contributed by atoms with van der Waals surface area (Å²) in [7, 11) is 0. The molecule has 2 heterocycles. The van der Waals surface area contributed by atoms with Gasteiger partial charge in [0.25, 0.3) is 11.2 Å². The SMILES string of the molecule is Cc1ccc(-c2cc(-c3ccc([N+](=O)[O-])cc3)c(C#N)c(=O)[nH]2)s1. The summed E-state index contributed by atoms with van der Waals surface area (Å²) in [6.45, 7) is 1.97. The van der Waals surface area contributed by atoms with Gasteiger partial charge >= 0.3 is 0 Å². The summed E-state index contributed by atoms with van der Waals surface area (Å²) in [6.07, 6.45) is 0. The molecule has 118 valence electrons. The van der Waals surface area contributed by atoms with Crippen LogP contribution in [0.25, 0.3) is 21.7 Å². The zero-order valence-corrected chi connectivity index (χ0v) is 13.4. The number of nitrogens with one attached hydrogen (secondary N) is 1. The molecule has 3 aromatic rings. The van der Waals surface area contributed by atoms with E-state index in [9.17, 15) is 20.2 Å². The van der Waals surface area contributed by atoms with Gasteiger partial charge in [-0.05, 0) is 42.8 Å². The molecular formula is C17H11N3O3S. The van der Waals surface area contributed by atoms with Crippen molar-refractivity contribution in [1.29, 1.82) is 5.26 Å². The molecule has 24 heavy (non-hydrogen) atoms. The van der Waals surface area contributed by atoms with Crippen molar-refractivity contribution in [3.05, 3.63) is 73.4 Å². The number of H-pyrrole nitrogens is 1. The van der Waals surface area contributed by atoms with Gasteiger partial charge in [0, 0.05) is 22.6 Å². The Hall–Kier alpha value is -3.24. The molecule has 0 fully saturated rings. The Morgan fingerprint density at radius 1 is 1.21 bits per heavy atom. The number of rotatable bonds is 3. The number of benzene rings is 1. The minimum atomic E-state index is -0.493. The monoisotopic (exact) mass is 337 g/mol. The van der Waals surface area contributed by atoms with Crippen molar-refractivity contribution < 1.29 is 4.92 Å². The van der Waals surface area contributed by atoms with Gasteiger partial charge in [-0.25, -0.2) is 0 Å². The van der Waals surface area contributed by atoms with Crippen LogP contribution in [-0.2, 0) is 0 Å². The first kappa shape index (κ1) is 15.6. The Morgan fingerprint density at radius 3 is 2.46 bits per heavy atom. The molecule has 0 saturated carbocycles. The predicted molar refractivity (Wildman–Crippen MR) is 91.9 cm³/mol. The smallest absolute Gasteiger partial charge is 0.269 e. The molecule has 6 nitrogen and oxygen atoms in total. The highest BCUT2D eigenvalue weighted by atomic mass is 32.1. The van der Waals surface area contributed by atoms with Crippen LogP contribution in [0.3, 0.4) is 0 Å². The van der Waals surface area contributed by atoms with Gasteiger partial charge in [-0.1, -0.05) is 0 Å². The highest BCUT2D eigenvalue weighted by Crippen LogP contribution is 2.30. The lowest BCUT2D eigenvalue weighted by molar-refractivity contribution is -0.384. The Morgan fingerprint density at radius 2 is 1.92 bits per heavy atom. The van der Waals surface area contributed by atoms with E-state index in [1.807, 2.05) is 25.1 Å². The second kappa shape index (κ2) is 6.10. The Kier molecular flexibility index (Phi) is 3.98. The molecule has 2 aromatic heterocycles. The van der Waals surface area contributed by atoms with E-state index in [1.165, 1.54) is 35.6 Å². The van der Waals surface area contributed by atoms with Crippen LogP contribution >= 0.6 is 11.3 Å². The molecule has 3 rings (SSSR count). The molecule has 0 spiro atoms. The van der Waals surface area contributed by atoms with Gasteiger partial charge in [0.05, 0.1) is 15.5 Å². The van der Waals surface area contributed by atoms with Crippen molar-refractivity contribution in [3.8, 4) is 27.8 Å². The van der Waals surface area contributed by atoms with Gasteiger partial charge < -0.3 is 4.98 Å². The number of aromatic nitrogens is 1. The number of hydrogen-bond donors (Lipinski definition) is 1. The van der Waals surface area contributed by atoms with Crippen LogP contribution in [0.5, 0.6) is 0 Å². The van der Waals surface area contributed by atoms with E-state index >= 15 is 0 Å². The van der Waals surface area contributed by atoms with Crippen molar-refractivity contribution in [3.63, 3.8) is 0 Å². The summed E-state index contributed by atoms with van der Waals surface area (Å²) < 4.78 is 0. The zero-order chi connectivity index (χ0) is 17.3. The number of nitro groups is 1. The maximum atomic E-state index is 12.2. The highest BCUT2D eigenvalue weighted by Gasteiger charge is 2.14. The first-order valence-electron chi connectivity index (χ1n) is 6.98. The van der Waals surface area contributed by atoms with E-state index in [2.05, 4.69) is 4.98 Å². The van der Waals surface area contributed by atoms with Crippen molar-refractivity contribution in [2.24, 2.45) is 0 Å². The Labute approximate surface area is 140 Å². The van der Waals surface area contributed by atoms with Gasteiger partial charge in [-0.2, -0.15) is 5.26 Å². The Bertz CT molecular complexity index is 1030. The maximum absolute atomic E-state index is 12.2. The lowest BCUT2D eigenvalue weighted by Gasteiger charge is -2.06. The number of thiophene rings is 1. The lowest BCUT2D eigenvalue weighted by Crippen LogP contribution is -2.12. The number of aromatic amines is 1. The first-order chi connectivity index (χ1) is 11.5. The average Bonchev–Trinajstić information content (AvgIpc) is 3.00. The van der Waals surface area contributed by atoms with Crippen molar-refractivity contribution in [1.82, 2.24) is 4.98 Å².